The molecule has 1 aromatic rings. The van der Waals surface area contributed by atoms with E-state index in [0.29, 0.717) is 6.42 Å². The summed E-state index contributed by atoms with van der Waals surface area (Å²) in [5.41, 5.74) is -0.828. The number of pyridine rings is 1. The molecule has 0 spiro atoms. The van der Waals surface area contributed by atoms with Gasteiger partial charge in [-0.3, -0.25) is 0 Å². The molecule has 1 rings (SSSR count). The Bertz CT molecular complexity index is 368. The number of halogens is 4. The van der Waals surface area contributed by atoms with Crippen LogP contribution in [0.15, 0.2) is 0 Å². The zero-order valence-electron chi connectivity index (χ0n) is 9.18. The zero-order chi connectivity index (χ0) is 13.0. The Hall–Kier alpha value is -1.37. The maximum atomic E-state index is 13.4. The van der Waals surface area contributed by atoms with Crippen LogP contribution in [0, 0.1) is 23.5 Å². The van der Waals surface area contributed by atoms with Crippen molar-refractivity contribution in [2.24, 2.45) is 0 Å². The first-order valence-corrected chi connectivity index (χ1v) is 5.08. The van der Waals surface area contributed by atoms with Crippen LogP contribution in [0.3, 0.4) is 0 Å². The lowest BCUT2D eigenvalue weighted by atomic mass is 10.3. The predicted molar refractivity (Wildman–Crippen MR) is 53.7 cm³/mol. The average Bonchev–Trinajstić information content (AvgIpc) is 2.27. The number of aromatic nitrogens is 1. The Morgan fingerprint density at radius 2 is 1.59 bits per heavy atom. The first-order chi connectivity index (χ1) is 8.02. The summed E-state index contributed by atoms with van der Waals surface area (Å²) in [6.07, 6.45) is 0.504. The molecule has 0 radical (unpaired) electrons. The second kappa shape index (κ2) is 5.81. The van der Waals surface area contributed by atoms with E-state index in [1.54, 1.807) is 6.92 Å². The van der Waals surface area contributed by atoms with Crippen molar-refractivity contribution >= 4 is 5.69 Å². The lowest BCUT2D eigenvalue weighted by molar-refractivity contribution is 0.300. The van der Waals surface area contributed by atoms with Gasteiger partial charge in [-0.2, -0.15) is 22.5 Å². The topological polar surface area (TPSA) is 36.4 Å². The zero-order valence-corrected chi connectivity index (χ0v) is 9.18. The summed E-state index contributed by atoms with van der Waals surface area (Å²) in [5.74, 6) is -6.49. The minimum Gasteiger partial charge on any atom is -0.395 e. The van der Waals surface area contributed by atoms with E-state index in [-0.39, 0.29) is 19.7 Å². The summed E-state index contributed by atoms with van der Waals surface area (Å²) < 4.78 is 52.5. The van der Waals surface area contributed by atoms with Gasteiger partial charge in [0, 0.05) is 13.1 Å². The van der Waals surface area contributed by atoms with Crippen LogP contribution in [0.25, 0.3) is 0 Å². The Labute approximate surface area is 95.7 Å². The minimum atomic E-state index is -1.70. The van der Waals surface area contributed by atoms with E-state index >= 15 is 0 Å². The molecule has 0 atom stereocenters. The maximum Gasteiger partial charge on any atom is 0.253 e. The molecule has 0 unspecified atom stereocenters. The van der Waals surface area contributed by atoms with Crippen molar-refractivity contribution in [3.05, 3.63) is 23.5 Å². The molecule has 0 saturated heterocycles. The first-order valence-electron chi connectivity index (χ1n) is 5.08. The number of anilines is 1. The van der Waals surface area contributed by atoms with Crippen molar-refractivity contribution in [1.29, 1.82) is 0 Å². The Morgan fingerprint density at radius 1 is 1.06 bits per heavy atom. The molecule has 0 aromatic carbocycles. The van der Waals surface area contributed by atoms with Crippen molar-refractivity contribution in [2.75, 3.05) is 24.6 Å². The van der Waals surface area contributed by atoms with E-state index in [2.05, 4.69) is 4.98 Å². The van der Waals surface area contributed by atoms with Crippen LogP contribution in [0.2, 0.25) is 0 Å². The van der Waals surface area contributed by atoms with Gasteiger partial charge in [-0.05, 0) is 6.42 Å². The van der Waals surface area contributed by atoms with Gasteiger partial charge in [0.15, 0.2) is 0 Å². The van der Waals surface area contributed by atoms with Crippen LogP contribution in [0.1, 0.15) is 13.3 Å². The third-order valence-electron chi connectivity index (χ3n) is 2.15. The highest BCUT2D eigenvalue weighted by Crippen LogP contribution is 2.26. The summed E-state index contributed by atoms with van der Waals surface area (Å²) in [4.78, 5) is 3.50. The molecule has 3 nitrogen and oxygen atoms in total. The predicted octanol–water partition coefficient (Wildman–Crippen LogP) is 1.85. The number of aliphatic hydroxyl groups is 1. The number of rotatable bonds is 5. The number of aliphatic hydroxyl groups excluding tert-OH is 1. The largest absolute Gasteiger partial charge is 0.395 e. The van der Waals surface area contributed by atoms with Crippen LogP contribution >= 0.6 is 0 Å². The van der Waals surface area contributed by atoms with Crippen LogP contribution in [0.4, 0.5) is 23.2 Å². The fourth-order valence-corrected chi connectivity index (χ4v) is 1.48. The fraction of sp³-hybridized carbons (Fsp3) is 0.500. The SMILES string of the molecule is CCCN(CCO)c1c(F)c(F)nc(F)c1F. The normalized spacial score (nSPS) is 10.7. The highest BCUT2D eigenvalue weighted by Gasteiger charge is 2.24. The molecule has 0 aliphatic carbocycles. The van der Waals surface area contributed by atoms with Crippen molar-refractivity contribution in [2.45, 2.75) is 13.3 Å². The molecule has 1 N–H and O–H groups in total. The van der Waals surface area contributed by atoms with Gasteiger partial charge in [-0.1, -0.05) is 6.92 Å². The van der Waals surface area contributed by atoms with Gasteiger partial charge in [0.25, 0.3) is 11.9 Å². The molecule has 96 valence electrons. The van der Waals surface area contributed by atoms with Crippen LogP contribution < -0.4 is 4.90 Å². The summed E-state index contributed by atoms with van der Waals surface area (Å²) in [6.45, 7) is 1.39. The van der Waals surface area contributed by atoms with Crippen molar-refractivity contribution in [3.8, 4) is 0 Å². The summed E-state index contributed by atoms with van der Waals surface area (Å²) in [7, 11) is 0. The molecule has 1 aromatic heterocycles. The smallest absolute Gasteiger partial charge is 0.253 e. The molecule has 0 aliphatic heterocycles. The molecule has 7 heteroatoms. The van der Waals surface area contributed by atoms with Gasteiger partial charge >= 0.3 is 0 Å². The molecule has 17 heavy (non-hydrogen) atoms. The van der Waals surface area contributed by atoms with Gasteiger partial charge in [0.2, 0.25) is 11.6 Å². The van der Waals surface area contributed by atoms with Gasteiger partial charge in [0.05, 0.1) is 6.61 Å². The van der Waals surface area contributed by atoms with Crippen LogP contribution in [-0.4, -0.2) is 29.8 Å². The van der Waals surface area contributed by atoms with E-state index in [9.17, 15) is 17.6 Å². The monoisotopic (exact) mass is 252 g/mol. The van der Waals surface area contributed by atoms with Crippen molar-refractivity contribution in [3.63, 3.8) is 0 Å². The maximum absolute atomic E-state index is 13.4. The quantitative estimate of drug-likeness (QED) is 0.641. The van der Waals surface area contributed by atoms with E-state index in [0.717, 1.165) is 4.90 Å². The highest BCUT2D eigenvalue weighted by molar-refractivity contribution is 5.48. The molecule has 0 fully saturated rings. The lowest BCUT2D eigenvalue weighted by Crippen LogP contribution is -2.30. The van der Waals surface area contributed by atoms with Crippen molar-refractivity contribution in [1.82, 2.24) is 4.98 Å². The molecule has 0 amide bonds. The summed E-state index contributed by atoms with van der Waals surface area (Å²) in [6, 6.07) is 0. The van der Waals surface area contributed by atoms with Crippen molar-refractivity contribution < 1.29 is 22.7 Å². The summed E-state index contributed by atoms with van der Waals surface area (Å²) in [5, 5.41) is 8.76. The molecule has 0 saturated carbocycles. The number of nitrogens with zero attached hydrogens (tertiary/aromatic N) is 2. The van der Waals surface area contributed by atoms with Gasteiger partial charge in [-0.15, -0.1) is 0 Å². The molecular weight excluding hydrogens is 240 g/mol. The third-order valence-corrected chi connectivity index (χ3v) is 2.15. The van der Waals surface area contributed by atoms with E-state index in [4.69, 9.17) is 5.11 Å². The second-order valence-electron chi connectivity index (χ2n) is 3.38. The standard InChI is InChI=1S/C10H12F4N2O/c1-2-3-16(4-5-17)8-6(11)9(13)15-10(14)7(8)12/h17H,2-5H2,1H3. The third kappa shape index (κ3) is 2.85. The highest BCUT2D eigenvalue weighted by atomic mass is 19.2. The Balaban J connectivity index is 3.25. The lowest BCUT2D eigenvalue weighted by Gasteiger charge is -2.24. The van der Waals surface area contributed by atoms with Gasteiger partial charge < -0.3 is 10.0 Å². The molecule has 0 bridgehead atoms. The Morgan fingerprint density at radius 3 is 2.00 bits per heavy atom. The minimum absolute atomic E-state index is 0.120. The van der Waals surface area contributed by atoms with E-state index < -0.39 is 29.2 Å². The van der Waals surface area contributed by atoms with Gasteiger partial charge in [-0.25, -0.2) is 0 Å². The van der Waals surface area contributed by atoms with Gasteiger partial charge in [0.1, 0.15) is 5.69 Å². The number of hydrogen-bond acceptors (Lipinski definition) is 3. The van der Waals surface area contributed by atoms with Crippen LogP contribution in [0.5, 0.6) is 0 Å². The number of hydrogen-bond donors (Lipinski definition) is 1. The van der Waals surface area contributed by atoms with Crippen LogP contribution in [-0.2, 0) is 0 Å². The first kappa shape index (κ1) is 13.7. The molecule has 0 aliphatic rings. The Kier molecular flexibility index (Phi) is 4.68. The molecular formula is C10H12F4N2O. The summed E-state index contributed by atoms with van der Waals surface area (Å²) >= 11 is 0. The molecule has 1 heterocycles. The average molecular weight is 252 g/mol. The second-order valence-corrected chi connectivity index (χ2v) is 3.38. The van der Waals surface area contributed by atoms with E-state index in [1.165, 1.54) is 0 Å². The van der Waals surface area contributed by atoms with E-state index in [1.807, 2.05) is 0 Å². The fourth-order valence-electron chi connectivity index (χ4n) is 1.48.